The zero-order chi connectivity index (χ0) is 40.5. The molecule has 0 N–H and O–H groups in total. The van der Waals surface area contributed by atoms with Crippen LogP contribution in [0.4, 0.5) is 0 Å². The lowest BCUT2D eigenvalue weighted by Gasteiger charge is -2.14. The highest BCUT2D eigenvalue weighted by Crippen LogP contribution is 2.39. The van der Waals surface area contributed by atoms with Gasteiger partial charge in [0.1, 0.15) is 12.7 Å². The van der Waals surface area contributed by atoms with Gasteiger partial charge in [-0.1, -0.05) is 91.0 Å². The van der Waals surface area contributed by atoms with Crippen LogP contribution in [0.25, 0.3) is 106 Å². The van der Waals surface area contributed by atoms with Gasteiger partial charge in [-0.05, 0) is 118 Å². The quantitative estimate of drug-likeness (QED) is 0.153. The second-order valence-electron chi connectivity index (χ2n) is 15.0. The van der Waals surface area contributed by atoms with Gasteiger partial charge < -0.3 is 4.57 Å². The van der Waals surface area contributed by atoms with Crippen molar-refractivity contribution in [3.05, 3.63) is 213 Å². The van der Waals surface area contributed by atoms with Gasteiger partial charge in [-0.15, -0.1) is 0 Å². The lowest BCUT2D eigenvalue weighted by molar-refractivity contribution is 1.16. The maximum absolute atomic E-state index is 5.03. The molecule has 0 fully saturated rings. The molecule has 286 valence electrons. The van der Waals surface area contributed by atoms with E-state index in [0.29, 0.717) is 0 Å². The first kappa shape index (κ1) is 35.7. The van der Waals surface area contributed by atoms with E-state index in [1.165, 1.54) is 34.5 Å². The van der Waals surface area contributed by atoms with Gasteiger partial charge in [-0.2, -0.15) is 0 Å². The number of nitrogens with zero attached hydrogens (tertiary/aromatic N) is 7. The monoisotopic (exact) mass is 781 g/mol. The summed E-state index contributed by atoms with van der Waals surface area (Å²) in [7, 11) is 0. The fourth-order valence-corrected chi connectivity index (χ4v) is 8.23. The predicted octanol–water partition coefficient (Wildman–Crippen LogP) is 12.8. The van der Waals surface area contributed by atoms with E-state index in [9.17, 15) is 0 Å². The number of fused-ring (bicyclic) bond motifs is 3. The maximum Gasteiger partial charge on any atom is 0.115 e. The third kappa shape index (κ3) is 6.90. The summed E-state index contributed by atoms with van der Waals surface area (Å²) in [4.78, 5) is 26.9. The first-order chi connectivity index (χ1) is 30.2. The summed E-state index contributed by atoms with van der Waals surface area (Å²) in [5, 5.41) is 2.42. The Morgan fingerprint density at radius 1 is 0.279 bits per heavy atom. The van der Waals surface area contributed by atoms with Crippen molar-refractivity contribution in [2.24, 2.45) is 0 Å². The second kappa shape index (κ2) is 15.4. The molecule has 0 aliphatic heterocycles. The summed E-state index contributed by atoms with van der Waals surface area (Å²) < 4.78 is 2.36. The fourth-order valence-electron chi connectivity index (χ4n) is 8.23. The standard InChI is InChI=1S/C54H35N7/c1-2-14-46(15-3-1)61-53-21-5-4-16-47(53)48-29-38(22-23-54(48)61)43-27-41(36-10-6-12-39(24-36)49-17-8-19-51(59-49)44-30-55-34-56-31-44)26-42(28-43)37-11-7-13-40(25-37)50-18-9-20-52(60-50)45-32-57-35-58-33-45/h1-35H. The van der Waals surface area contributed by atoms with E-state index in [1.54, 1.807) is 24.8 Å². The molecular weight excluding hydrogens is 747 g/mol. The van der Waals surface area contributed by atoms with Crippen LogP contribution in [0.2, 0.25) is 0 Å². The molecule has 0 atom stereocenters. The number of pyridine rings is 2. The lowest BCUT2D eigenvalue weighted by atomic mass is 9.91. The summed E-state index contributed by atoms with van der Waals surface area (Å²) in [5.41, 5.74) is 17.3. The predicted molar refractivity (Wildman–Crippen MR) is 246 cm³/mol. The molecule has 0 saturated carbocycles. The van der Waals surface area contributed by atoms with E-state index >= 15 is 0 Å². The van der Waals surface area contributed by atoms with Crippen molar-refractivity contribution < 1.29 is 0 Å². The van der Waals surface area contributed by atoms with E-state index < -0.39 is 0 Å². The highest BCUT2D eigenvalue weighted by atomic mass is 15.0. The maximum atomic E-state index is 5.03. The zero-order valence-electron chi connectivity index (χ0n) is 32.8. The van der Waals surface area contributed by atoms with Gasteiger partial charge >= 0.3 is 0 Å². The van der Waals surface area contributed by atoms with Gasteiger partial charge in [0.2, 0.25) is 0 Å². The van der Waals surface area contributed by atoms with Gasteiger partial charge in [0.15, 0.2) is 0 Å². The average molecular weight is 782 g/mol. The summed E-state index contributed by atoms with van der Waals surface area (Å²) in [6, 6.07) is 62.4. The SMILES string of the molecule is c1ccc(-n2c3ccccc3c3cc(-c4cc(-c5cccc(-c6cccc(-c7cncnc7)n6)c5)cc(-c5cccc(-c6cccc(-c7cncnc7)n6)c5)c4)ccc32)cc1. The van der Waals surface area contributed by atoms with Crippen molar-refractivity contribution in [2.45, 2.75) is 0 Å². The third-order valence-corrected chi connectivity index (χ3v) is 11.1. The molecule has 5 heterocycles. The Hall–Kier alpha value is -8.42. The Balaban J connectivity index is 1.06. The molecule has 0 aliphatic rings. The van der Waals surface area contributed by atoms with Gasteiger partial charge in [-0.25, -0.2) is 29.9 Å². The number of para-hydroxylation sites is 2. The number of hydrogen-bond acceptors (Lipinski definition) is 6. The van der Waals surface area contributed by atoms with Crippen molar-refractivity contribution in [3.8, 4) is 84.1 Å². The van der Waals surface area contributed by atoms with Crippen LogP contribution in [0.5, 0.6) is 0 Å². The third-order valence-electron chi connectivity index (χ3n) is 11.1. The molecule has 0 saturated heterocycles. The summed E-state index contributed by atoms with van der Waals surface area (Å²) >= 11 is 0. The van der Waals surface area contributed by atoms with Gasteiger partial charge in [0, 0.05) is 63.5 Å². The van der Waals surface area contributed by atoms with Crippen molar-refractivity contribution >= 4 is 21.8 Å². The molecule has 61 heavy (non-hydrogen) atoms. The highest BCUT2D eigenvalue weighted by Gasteiger charge is 2.16. The van der Waals surface area contributed by atoms with E-state index in [-0.39, 0.29) is 0 Å². The Bertz CT molecular complexity index is 3220. The minimum Gasteiger partial charge on any atom is -0.309 e. The number of hydrogen-bond donors (Lipinski definition) is 0. The summed E-state index contributed by atoms with van der Waals surface area (Å²) in [6.45, 7) is 0. The summed E-state index contributed by atoms with van der Waals surface area (Å²) in [5.74, 6) is 0. The lowest BCUT2D eigenvalue weighted by Crippen LogP contribution is -1.93. The van der Waals surface area contributed by atoms with Crippen LogP contribution in [0.3, 0.4) is 0 Å². The molecule has 11 rings (SSSR count). The van der Waals surface area contributed by atoms with Crippen LogP contribution in [-0.4, -0.2) is 34.5 Å². The van der Waals surface area contributed by atoms with Crippen molar-refractivity contribution in [1.82, 2.24) is 34.5 Å². The highest BCUT2D eigenvalue weighted by molar-refractivity contribution is 6.10. The van der Waals surface area contributed by atoms with Crippen LogP contribution in [0.1, 0.15) is 0 Å². The Morgan fingerprint density at radius 2 is 0.705 bits per heavy atom. The van der Waals surface area contributed by atoms with Crippen LogP contribution >= 0.6 is 0 Å². The van der Waals surface area contributed by atoms with Crippen molar-refractivity contribution in [1.29, 1.82) is 0 Å². The molecule has 0 amide bonds. The molecule has 0 unspecified atom stereocenters. The minimum atomic E-state index is 0.828. The smallest absolute Gasteiger partial charge is 0.115 e. The van der Waals surface area contributed by atoms with Crippen molar-refractivity contribution in [2.75, 3.05) is 0 Å². The first-order valence-electron chi connectivity index (χ1n) is 20.1. The Kier molecular flexibility index (Phi) is 9.02. The molecule has 7 nitrogen and oxygen atoms in total. The first-order valence-corrected chi connectivity index (χ1v) is 20.1. The zero-order valence-corrected chi connectivity index (χ0v) is 32.8. The number of benzene rings is 6. The molecule has 11 aromatic rings. The van der Waals surface area contributed by atoms with Crippen molar-refractivity contribution in [3.63, 3.8) is 0 Å². The molecule has 0 bridgehead atoms. The van der Waals surface area contributed by atoms with Gasteiger partial charge in [-0.3, -0.25) is 0 Å². The number of aromatic nitrogens is 7. The molecular formula is C54H35N7. The average Bonchev–Trinajstić information content (AvgIpc) is 3.68. The van der Waals surface area contributed by atoms with Crippen LogP contribution in [-0.2, 0) is 0 Å². The topological polar surface area (TPSA) is 82.3 Å². The molecule has 0 aliphatic carbocycles. The molecule has 0 spiro atoms. The largest absolute Gasteiger partial charge is 0.309 e. The molecule has 6 aromatic carbocycles. The fraction of sp³-hybridized carbons (Fsp3) is 0. The van der Waals surface area contributed by atoms with Gasteiger partial charge in [0.05, 0.1) is 33.8 Å². The normalized spacial score (nSPS) is 11.3. The van der Waals surface area contributed by atoms with Gasteiger partial charge in [0.25, 0.3) is 0 Å². The number of rotatable bonds is 8. The van der Waals surface area contributed by atoms with Crippen LogP contribution < -0.4 is 0 Å². The Labute approximate surface area is 352 Å². The van der Waals surface area contributed by atoms with E-state index in [0.717, 1.165) is 84.1 Å². The summed E-state index contributed by atoms with van der Waals surface area (Å²) in [6.07, 6.45) is 10.2. The second-order valence-corrected chi connectivity index (χ2v) is 15.0. The Morgan fingerprint density at radius 3 is 1.26 bits per heavy atom. The van der Waals surface area contributed by atoms with E-state index in [2.05, 4.69) is 176 Å². The minimum absolute atomic E-state index is 0.828. The van der Waals surface area contributed by atoms with E-state index in [4.69, 9.17) is 9.97 Å². The molecule has 5 aromatic heterocycles. The van der Waals surface area contributed by atoms with E-state index in [1.807, 2.05) is 24.3 Å². The van der Waals surface area contributed by atoms with Crippen LogP contribution in [0.15, 0.2) is 213 Å². The molecule has 0 radical (unpaired) electrons. The van der Waals surface area contributed by atoms with Crippen LogP contribution in [0, 0.1) is 0 Å². The molecule has 7 heteroatoms.